The molecule has 90 valence electrons. The van der Waals surface area contributed by atoms with Gasteiger partial charge in [-0.15, -0.1) is 0 Å². The van der Waals surface area contributed by atoms with Gasteiger partial charge < -0.3 is 10.1 Å². The van der Waals surface area contributed by atoms with Crippen LogP contribution in [-0.2, 0) is 0 Å². The molecular formula is C12H17Cl2NO. The van der Waals surface area contributed by atoms with E-state index in [9.17, 15) is 0 Å². The Bertz CT molecular complexity index is 331. The van der Waals surface area contributed by atoms with Gasteiger partial charge in [0.05, 0.1) is 5.02 Å². The van der Waals surface area contributed by atoms with Crippen LogP contribution in [0.4, 0.5) is 0 Å². The third-order valence-electron chi connectivity index (χ3n) is 2.29. The average molecular weight is 262 g/mol. The number of benzene rings is 1. The topological polar surface area (TPSA) is 21.3 Å². The van der Waals surface area contributed by atoms with Crippen LogP contribution < -0.4 is 10.1 Å². The van der Waals surface area contributed by atoms with E-state index in [4.69, 9.17) is 27.9 Å². The summed E-state index contributed by atoms with van der Waals surface area (Å²) in [4.78, 5) is 0. The Balaban J connectivity index is 2.66. The van der Waals surface area contributed by atoms with E-state index in [-0.39, 0.29) is 6.10 Å². The van der Waals surface area contributed by atoms with Crippen molar-refractivity contribution >= 4 is 23.2 Å². The summed E-state index contributed by atoms with van der Waals surface area (Å²) in [5.41, 5.74) is 0. The second-order valence-electron chi connectivity index (χ2n) is 3.51. The summed E-state index contributed by atoms with van der Waals surface area (Å²) >= 11 is 12.0. The Hall–Kier alpha value is -0.440. The summed E-state index contributed by atoms with van der Waals surface area (Å²) < 4.78 is 5.80. The first-order chi connectivity index (χ1) is 7.69. The van der Waals surface area contributed by atoms with E-state index in [2.05, 4.69) is 19.2 Å². The summed E-state index contributed by atoms with van der Waals surface area (Å²) in [6, 6.07) is 5.42. The fourth-order valence-corrected chi connectivity index (χ4v) is 1.67. The molecule has 1 unspecified atom stereocenters. The molecule has 2 nitrogen and oxygen atoms in total. The average Bonchev–Trinajstić information content (AvgIpc) is 2.30. The molecule has 0 radical (unpaired) electrons. The number of likely N-dealkylation sites (N-methyl/N-ethyl adjacent to an activating group) is 1. The minimum atomic E-state index is 0.121. The van der Waals surface area contributed by atoms with Gasteiger partial charge in [0.2, 0.25) is 0 Å². The zero-order chi connectivity index (χ0) is 12.0. The van der Waals surface area contributed by atoms with Gasteiger partial charge in [-0.3, -0.25) is 0 Å². The highest BCUT2D eigenvalue weighted by atomic mass is 35.5. The fourth-order valence-electron chi connectivity index (χ4n) is 1.33. The van der Waals surface area contributed by atoms with Crippen LogP contribution in [0, 0.1) is 0 Å². The Labute approximate surface area is 107 Å². The van der Waals surface area contributed by atoms with Gasteiger partial charge >= 0.3 is 0 Å². The van der Waals surface area contributed by atoms with E-state index >= 15 is 0 Å². The first-order valence-electron chi connectivity index (χ1n) is 5.50. The quantitative estimate of drug-likeness (QED) is 0.842. The van der Waals surface area contributed by atoms with Crippen molar-refractivity contribution in [3.8, 4) is 5.75 Å². The zero-order valence-corrected chi connectivity index (χ0v) is 11.1. The lowest BCUT2D eigenvalue weighted by Crippen LogP contribution is -2.30. The largest absolute Gasteiger partial charge is 0.487 e. The van der Waals surface area contributed by atoms with Crippen LogP contribution in [0.15, 0.2) is 18.2 Å². The van der Waals surface area contributed by atoms with Crippen LogP contribution in [-0.4, -0.2) is 19.2 Å². The van der Waals surface area contributed by atoms with Gasteiger partial charge in [-0.1, -0.05) is 43.1 Å². The molecule has 0 amide bonds. The molecule has 1 N–H and O–H groups in total. The molecule has 1 aromatic carbocycles. The first-order valence-corrected chi connectivity index (χ1v) is 6.26. The van der Waals surface area contributed by atoms with Crippen molar-refractivity contribution in [2.75, 3.05) is 13.1 Å². The second-order valence-corrected chi connectivity index (χ2v) is 4.29. The van der Waals surface area contributed by atoms with Crippen LogP contribution >= 0.6 is 23.2 Å². The number of ether oxygens (including phenoxy) is 1. The number of hydrogen-bond acceptors (Lipinski definition) is 2. The molecule has 0 aliphatic carbocycles. The van der Waals surface area contributed by atoms with Gasteiger partial charge in [0, 0.05) is 6.54 Å². The van der Waals surface area contributed by atoms with Gasteiger partial charge in [0.15, 0.2) is 0 Å². The monoisotopic (exact) mass is 261 g/mol. The SMILES string of the molecule is CCNCC(CC)Oc1cccc(Cl)c1Cl. The molecule has 0 spiro atoms. The van der Waals surface area contributed by atoms with Gasteiger partial charge in [0.1, 0.15) is 16.9 Å². The third-order valence-corrected chi connectivity index (χ3v) is 3.09. The standard InChI is InChI=1S/C12H17Cl2NO/c1-3-9(8-15-4-2)16-11-7-5-6-10(13)12(11)14/h5-7,9,15H,3-4,8H2,1-2H3. The van der Waals surface area contributed by atoms with Crippen molar-refractivity contribution in [3.63, 3.8) is 0 Å². The van der Waals surface area contributed by atoms with Crippen LogP contribution in [0.3, 0.4) is 0 Å². The predicted molar refractivity (Wildman–Crippen MR) is 69.7 cm³/mol. The molecule has 1 aromatic rings. The fraction of sp³-hybridized carbons (Fsp3) is 0.500. The molecule has 0 fully saturated rings. The van der Waals surface area contributed by atoms with E-state index in [1.807, 2.05) is 12.1 Å². The van der Waals surface area contributed by atoms with Crippen LogP contribution in [0.5, 0.6) is 5.75 Å². The van der Waals surface area contributed by atoms with Gasteiger partial charge in [-0.05, 0) is 25.1 Å². The van der Waals surface area contributed by atoms with Crippen LogP contribution in [0.25, 0.3) is 0 Å². The number of halogens is 2. The molecule has 0 aliphatic heterocycles. The van der Waals surface area contributed by atoms with Crippen molar-refractivity contribution in [3.05, 3.63) is 28.2 Å². The molecule has 1 rings (SSSR count). The van der Waals surface area contributed by atoms with E-state index in [0.29, 0.717) is 15.8 Å². The van der Waals surface area contributed by atoms with Gasteiger partial charge in [-0.25, -0.2) is 0 Å². The predicted octanol–water partition coefficient (Wildman–Crippen LogP) is 3.76. The Morgan fingerprint density at radius 1 is 1.31 bits per heavy atom. The maximum absolute atomic E-state index is 6.05. The summed E-state index contributed by atoms with van der Waals surface area (Å²) in [5.74, 6) is 0.652. The molecule has 16 heavy (non-hydrogen) atoms. The maximum atomic E-state index is 6.05. The molecule has 0 aromatic heterocycles. The van der Waals surface area contributed by atoms with Crippen molar-refractivity contribution < 1.29 is 4.74 Å². The number of rotatable bonds is 6. The summed E-state index contributed by atoms with van der Waals surface area (Å²) in [5, 5.41) is 4.26. The Kier molecular flexibility index (Phi) is 5.96. The third kappa shape index (κ3) is 3.85. The van der Waals surface area contributed by atoms with E-state index < -0.39 is 0 Å². The van der Waals surface area contributed by atoms with Crippen molar-refractivity contribution in [1.29, 1.82) is 0 Å². The lowest BCUT2D eigenvalue weighted by Gasteiger charge is -2.18. The lowest BCUT2D eigenvalue weighted by molar-refractivity contribution is 0.194. The molecule has 0 bridgehead atoms. The zero-order valence-electron chi connectivity index (χ0n) is 9.59. The smallest absolute Gasteiger partial charge is 0.139 e. The number of hydrogen-bond donors (Lipinski definition) is 1. The maximum Gasteiger partial charge on any atom is 0.139 e. The van der Waals surface area contributed by atoms with Crippen molar-refractivity contribution in [2.24, 2.45) is 0 Å². The molecule has 0 saturated heterocycles. The van der Waals surface area contributed by atoms with Crippen molar-refractivity contribution in [1.82, 2.24) is 5.32 Å². The highest BCUT2D eigenvalue weighted by Gasteiger charge is 2.11. The first kappa shape index (κ1) is 13.6. The van der Waals surface area contributed by atoms with E-state index in [0.717, 1.165) is 19.5 Å². The van der Waals surface area contributed by atoms with Gasteiger partial charge in [0.25, 0.3) is 0 Å². The summed E-state index contributed by atoms with van der Waals surface area (Å²) in [6.45, 7) is 5.90. The van der Waals surface area contributed by atoms with Crippen LogP contribution in [0.2, 0.25) is 10.0 Å². The molecule has 0 saturated carbocycles. The highest BCUT2D eigenvalue weighted by molar-refractivity contribution is 6.42. The summed E-state index contributed by atoms with van der Waals surface area (Å²) in [6.07, 6.45) is 1.05. The Morgan fingerprint density at radius 3 is 2.69 bits per heavy atom. The normalized spacial score (nSPS) is 12.5. The highest BCUT2D eigenvalue weighted by Crippen LogP contribution is 2.32. The molecular weight excluding hydrogens is 245 g/mol. The molecule has 0 aliphatic rings. The minimum absolute atomic E-state index is 0.121. The second kappa shape index (κ2) is 7.00. The lowest BCUT2D eigenvalue weighted by atomic mass is 10.2. The Morgan fingerprint density at radius 2 is 2.06 bits per heavy atom. The van der Waals surface area contributed by atoms with Crippen molar-refractivity contribution in [2.45, 2.75) is 26.4 Å². The van der Waals surface area contributed by atoms with Gasteiger partial charge in [-0.2, -0.15) is 0 Å². The molecule has 0 heterocycles. The molecule has 1 atom stereocenters. The number of nitrogens with one attached hydrogen (secondary N) is 1. The van der Waals surface area contributed by atoms with Crippen LogP contribution in [0.1, 0.15) is 20.3 Å². The summed E-state index contributed by atoms with van der Waals surface area (Å²) in [7, 11) is 0. The minimum Gasteiger partial charge on any atom is -0.487 e. The van der Waals surface area contributed by atoms with E-state index in [1.54, 1.807) is 6.07 Å². The van der Waals surface area contributed by atoms with E-state index in [1.165, 1.54) is 0 Å². The molecule has 4 heteroatoms.